The number of nitrogens with one attached hydrogen (secondary N) is 3. The second kappa shape index (κ2) is 14.9. The van der Waals surface area contributed by atoms with Gasteiger partial charge >= 0.3 is 11.7 Å². The highest BCUT2D eigenvalue weighted by atomic mass is 32.2. The molecule has 18 heteroatoms. The van der Waals surface area contributed by atoms with Gasteiger partial charge in [0.15, 0.2) is 0 Å². The molecule has 0 fully saturated rings. The van der Waals surface area contributed by atoms with E-state index in [1.54, 1.807) is 0 Å². The lowest BCUT2D eigenvalue weighted by Gasteiger charge is -2.16. The van der Waals surface area contributed by atoms with Gasteiger partial charge in [0, 0.05) is 49.4 Å². The van der Waals surface area contributed by atoms with Gasteiger partial charge in [-0.1, -0.05) is 12.1 Å². The van der Waals surface area contributed by atoms with Crippen molar-refractivity contribution in [3.63, 3.8) is 0 Å². The maximum atomic E-state index is 15.1. The summed E-state index contributed by atoms with van der Waals surface area (Å²) in [6, 6.07) is 14.2. The van der Waals surface area contributed by atoms with Crippen LogP contribution in [0.15, 0.2) is 118 Å². The van der Waals surface area contributed by atoms with Crippen LogP contribution in [0.5, 0.6) is 0 Å². The smallest absolute Gasteiger partial charge is 0.335 e. The molecule has 3 aromatic heterocycles. The Kier molecular flexibility index (Phi) is 10.1. The van der Waals surface area contributed by atoms with Gasteiger partial charge in [-0.3, -0.25) is 33.6 Å². The SMILES string of the molecule is Cn1c(=O)n(-c2ccc(C[C@H](NC(=O)c3cc(F)c(NS(=O)(=O)c4ccc(NC(=O)c5ccncc5)cc4)cc3F)C(=O)O)cc2)c(=O)c2ccncc21. The number of amides is 2. The number of rotatable bonds is 11. The summed E-state index contributed by atoms with van der Waals surface area (Å²) in [7, 11) is -3.00. The lowest BCUT2D eigenvalue weighted by molar-refractivity contribution is -0.139. The fourth-order valence-corrected chi connectivity index (χ4v) is 6.46. The summed E-state index contributed by atoms with van der Waals surface area (Å²) in [6.45, 7) is 0. The van der Waals surface area contributed by atoms with Gasteiger partial charge in [-0.15, -0.1) is 0 Å². The van der Waals surface area contributed by atoms with E-state index in [0.29, 0.717) is 28.8 Å². The lowest BCUT2D eigenvalue weighted by Crippen LogP contribution is -2.42. The van der Waals surface area contributed by atoms with E-state index < -0.39 is 68.0 Å². The molecule has 0 aliphatic rings. The molecule has 15 nitrogen and oxygen atoms in total. The van der Waals surface area contributed by atoms with Crippen LogP contribution in [0.1, 0.15) is 26.3 Å². The van der Waals surface area contributed by atoms with Crippen molar-refractivity contribution < 1.29 is 36.7 Å². The van der Waals surface area contributed by atoms with Crippen LogP contribution in [0.4, 0.5) is 20.2 Å². The molecule has 0 bridgehead atoms. The molecule has 1 atom stereocenters. The van der Waals surface area contributed by atoms with Crippen LogP contribution in [0.25, 0.3) is 16.6 Å². The van der Waals surface area contributed by atoms with Crippen LogP contribution in [0, 0.1) is 11.6 Å². The van der Waals surface area contributed by atoms with Crippen molar-refractivity contribution in [1.29, 1.82) is 0 Å². The lowest BCUT2D eigenvalue weighted by atomic mass is 10.0. The summed E-state index contributed by atoms with van der Waals surface area (Å²) in [5, 5.41) is 14.8. The molecule has 0 saturated heterocycles. The molecule has 6 rings (SSSR count). The number of hydrogen-bond acceptors (Lipinski definition) is 9. The number of carbonyl (C=O) groups excluding carboxylic acids is 2. The zero-order valence-corrected chi connectivity index (χ0v) is 28.7. The highest BCUT2D eigenvalue weighted by Gasteiger charge is 2.26. The van der Waals surface area contributed by atoms with E-state index in [9.17, 15) is 37.5 Å². The van der Waals surface area contributed by atoms with Crippen molar-refractivity contribution in [3.05, 3.63) is 153 Å². The van der Waals surface area contributed by atoms with Gasteiger partial charge < -0.3 is 15.7 Å². The summed E-state index contributed by atoms with van der Waals surface area (Å²) in [4.78, 5) is 70.8. The van der Waals surface area contributed by atoms with Gasteiger partial charge in [0.1, 0.15) is 17.7 Å². The standard InChI is InChI=1S/C36H27F2N7O8S/c1-44-31-19-40-15-12-25(31)34(48)45(36(44)51)23-6-2-20(3-7-23)16-30(35(49)50)42-33(47)26-17-28(38)29(18-27(26)37)43-54(52,53)24-8-4-22(5-9-24)41-32(46)21-10-13-39-14-11-21/h2-15,17-19,30,43H,16H2,1H3,(H,41,46)(H,42,47)(H,49,50)/t30-/m0/s1. The molecule has 3 heterocycles. The number of nitrogens with zero attached hydrogens (tertiary/aromatic N) is 4. The largest absolute Gasteiger partial charge is 0.480 e. The normalized spacial score (nSPS) is 11.8. The van der Waals surface area contributed by atoms with Crippen LogP contribution < -0.4 is 26.6 Å². The minimum Gasteiger partial charge on any atom is -0.480 e. The minimum absolute atomic E-state index is 0.190. The Bertz CT molecular complexity index is 2670. The van der Waals surface area contributed by atoms with Gasteiger partial charge in [-0.25, -0.2) is 31.4 Å². The van der Waals surface area contributed by atoms with E-state index in [1.807, 2.05) is 4.72 Å². The third-order valence-corrected chi connectivity index (χ3v) is 9.60. The molecule has 0 unspecified atom stereocenters. The number of aliphatic carboxylic acids is 1. The number of pyridine rings is 2. The second-order valence-corrected chi connectivity index (χ2v) is 13.4. The van der Waals surface area contributed by atoms with Crippen molar-refractivity contribution in [2.24, 2.45) is 7.05 Å². The molecule has 2 amide bonds. The quantitative estimate of drug-likeness (QED) is 0.152. The van der Waals surface area contributed by atoms with Crippen LogP contribution in [-0.2, 0) is 28.3 Å². The van der Waals surface area contributed by atoms with Crippen LogP contribution in [0.2, 0.25) is 0 Å². The maximum absolute atomic E-state index is 15.1. The first-order chi connectivity index (χ1) is 25.7. The van der Waals surface area contributed by atoms with E-state index in [4.69, 9.17) is 0 Å². The molecule has 0 aliphatic heterocycles. The highest BCUT2D eigenvalue weighted by molar-refractivity contribution is 7.92. The molecule has 54 heavy (non-hydrogen) atoms. The zero-order chi connectivity index (χ0) is 38.7. The fraction of sp³-hybridized carbons (Fsp3) is 0.0833. The number of aromatic nitrogens is 4. The third kappa shape index (κ3) is 7.58. The molecule has 3 aromatic carbocycles. The van der Waals surface area contributed by atoms with E-state index >= 15 is 8.78 Å². The number of fused-ring (bicyclic) bond motifs is 1. The molecular formula is C36H27F2N7O8S. The summed E-state index contributed by atoms with van der Waals surface area (Å²) in [5.74, 6) is -5.96. The molecule has 274 valence electrons. The first-order valence-corrected chi connectivity index (χ1v) is 17.2. The average molecular weight is 756 g/mol. The number of halogens is 2. The first kappa shape index (κ1) is 36.7. The summed E-state index contributed by atoms with van der Waals surface area (Å²) in [5.41, 5.74) is -1.52. The predicted octanol–water partition coefficient (Wildman–Crippen LogP) is 3.24. The van der Waals surface area contributed by atoms with Crippen LogP contribution in [-0.4, -0.2) is 56.5 Å². The zero-order valence-electron chi connectivity index (χ0n) is 27.9. The highest BCUT2D eigenvalue weighted by Crippen LogP contribution is 2.24. The van der Waals surface area contributed by atoms with Gasteiger partial charge in [-0.05, 0) is 66.2 Å². The van der Waals surface area contributed by atoms with Crippen molar-refractivity contribution >= 4 is 50.1 Å². The Morgan fingerprint density at radius 3 is 2.19 bits per heavy atom. The Morgan fingerprint density at radius 1 is 0.852 bits per heavy atom. The topological polar surface area (TPSA) is 211 Å². The first-order valence-electron chi connectivity index (χ1n) is 15.8. The number of carboxylic acids is 1. The maximum Gasteiger partial charge on any atom is 0.335 e. The Morgan fingerprint density at radius 2 is 1.52 bits per heavy atom. The van der Waals surface area contributed by atoms with Crippen molar-refractivity contribution in [1.82, 2.24) is 24.4 Å². The fourth-order valence-electron chi connectivity index (χ4n) is 5.40. The minimum atomic E-state index is -4.48. The summed E-state index contributed by atoms with van der Waals surface area (Å²) in [6.07, 6.45) is 5.33. The van der Waals surface area contributed by atoms with Gasteiger partial charge in [0.25, 0.3) is 27.4 Å². The van der Waals surface area contributed by atoms with E-state index in [1.165, 1.54) is 91.0 Å². The Labute approximate surface area is 303 Å². The third-order valence-electron chi connectivity index (χ3n) is 8.22. The molecule has 0 aliphatic carbocycles. The molecular weight excluding hydrogens is 728 g/mol. The second-order valence-electron chi connectivity index (χ2n) is 11.7. The van der Waals surface area contributed by atoms with Crippen LogP contribution in [0.3, 0.4) is 0 Å². The molecule has 0 spiro atoms. The van der Waals surface area contributed by atoms with E-state index in [-0.39, 0.29) is 28.1 Å². The number of carboxylic acid groups (broad SMARTS) is 1. The Balaban J connectivity index is 1.13. The number of sulfonamides is 1. The van der Waals surface area contributed by atoms with Gasteiger partial charge in [-0.2, -0.15) is 0 Å². The number of benzene rings is 3. The summed E-state index contributed by atoms with van der Waals surface area (Å²) < 4.78 is 60.3. The van der Waals surface area contributed by atoms with E-state index in [0.717, 1.165) is 16.7 Å². The number of aryl methyl sites for hydroxylation is 1. The molecule has 0 saturated carbocycles. The van der Waals surface area contributed by atoms with Crippen LogP contribution >= 0.6 is 0 Å². The van der Waals surface area contributed by atoms with Gasteiger partial charge in [0.2, 0.25) is 0 Å². The van der Waals surface area contributed by atoms with Crippen molar-refractivity contribution in [2.45, 2.75) is 17.4 Å². The summed E-state index contributed by atoms with van der Waals surface area (Å²) >= 11 is 0. The number of hydrogen-bond donors (Lipinski definition) is 4. The van der Waals surface area contributed by atoms with Crippen molar-refractivity contribution in [2.75, 3.05) is 10.0 Å². The monoisotopic (exact) mass is 755 g/mol. The number of anilines is 2. The Hall–Kier alpha value is -7.08. The molecule has 6 aromatic rings. The predicted molar refractivity (Wildman–Crippen MR) is 191 cm³/mol. The molecule has 4 N–H and O–H groups in total. The average Bonchev–Trinajstić information content (AvgIpc) is 3.16. The molecule has 0 radical (unpaired) electrons. The van der Waals surface area contributed by atoms with Crippen molar-refractivity contribution in [3.8, 4) is 5.69 Å². The van der Waals surface area contributed by atoms with Gasteiger partial charge in [0.05, 0.1) is 38.9 Å². The number of carbonyl (C=O) groups is 3. The van der Waals surface area contributed by atoms with E-state index in [2.05, 4.69) is 20.6 Å².